The van der Waals surface area contributed by atoms with Crippen molar-refractivity contribution in [2.75, 3.05) is 46.9 Å². The van der Waals surface area contributed by atoms with Gasteiger partial charge in [0.2, 0.25) is 5.91 Å². The van der Waals surface area contributed by atoms with Gasteiger partial charge in [-0.25, -0.2) is 0 Å². The lowest BCUT2D eigenvalue weighted by atomic mass is 9.88. The van der Waals surface area contributed by atoms with Crippen LogP contribution in [0.3, 0.4) is 0 Å². The molecule has 2 saturated heterocycles. The Balaban J connectivity index is 1.40. The molecule has 0 N–H and O–H groups in total. The van der Waals surface area contributed by atoms with Crippen LogP contribution in [-0.4, -0.2) is 74.4 Å². The van der Waals surface area contributed by atoms with Gasteiger partial charge in [-0.15, -0.1) is 0 Å². The van der Waals surface area contributed by atoms with Gasteiger partial charge in [0.25, 0.3) is 0 Å². The number of hydrogen-bond donors (Lipinski definition) is 0. The summed E-state index contributed by atoms with van der Waals surface area (Å²) >= 11 is 0. The van der Waals surface area contributed by atoms with E-state index < -0.39 is 0 Å². The highest BCUT2D eigenvalue weighted by Gasteiger charge is 2.43. The van der Waals surface area contributed by atoms with E-state index in [4.69, 9.17) is 9.47 Å². The number of carbonyl (C=O) groups is 1. The molecule has 0 aromatic carbocycles. The molecule has 5 nitrogen and oxygen atoms in total. The Kier molecular flexibility index (Phi) is 4.52. The van der Waals surface area contributed by atoms with Crippen LogP contribution in [0.2, 0.25) is 0 Å². The summed E-state index contributed by atoms with van der Waals surface area (Å²) in [5.41, 5.74) is 0.0197. The van der Waals surface area contributed by atoms with Gasteiger partial charge in [0, 0.05) is 40.2 Å². The van der Waals surface area contributed by atoms with E-state index in [0.29, 0.717) is 6.61 Å². The Hall–Kier alpha value is -0.650. The molecule has 3 aliphatic rings. The summed E-state index contributed by atoms with van der Waals surface area (Å²) in [4.78, 5) is 15.7. The van der Waals surface area contributed by atoms with Crippen molar-refractivity contribution in [3.8, 4) is 0 Å². The number of likely N-dealkylation sites (tertiary alicyclic amines) is 1. The number of amides is 1. The third kappa shape index (κ3) is 3.96. The van der Waals surface area contributed by atoms with Crippen molar-refractivity contribution in [1.29, 1.82) is 0 Å². The van der Waals surface area contributed by atoms with Crippen LogP contribution < -0.4 is 0 Å². The van der Waals surface area contributed by atoms with Gasteiger partial charge >= 0.3 is 0 Å². The molecule has 5 heteroatoms. The molecular weight excluding hydrogens is 268 g/mol. The molecule has 2 aliphatic heterocycles. The monoisotopic (exact) mass is 296 g/mol. The van der Waals surface area contributed by atoms with Gasteiger partial charge in [-0.1, -0.05) is 0 Å². The average Bonchev–Trinajstić information content (AvgIpc) is 3.20. The van der Waals surface area contributed by atoms with Gasteiger partial charge in [-0.2, -0.15) is 0 Å². The number of ether oxygens (including phenoxy) is 2. The summed E-state index contributed by atoms with van der Waals surface area (Å²) in [5, 5.41) is 0. The molecule has 21 heavy (non-hydrogen) atoms. The molecule has 1 amide bonds. The minimum Gasteiger partial charge on any atom is -0.372 e. The van der Waals surface area contributed by atoms with E-state index in [-0.39, 0.29) is 24.2 Å². The largest absolute Gasteiger partial charge is 0.372 e. The second-order valence-corrected chi connectivity index (χ2v) is 7.16. The zero-order valence-electron chi connectivity index (χ0n) is 13.3. The lowest BCUT2D eigenvalue weighted by Gasteiger charge is -2.38. The normalized spacial score (nSPS) is 29.0. The lowest BCUT2D eigenvalue weighted by Crippen LogP contribution is -2.44. The van der Waals surface area contributed by atoms with Crippen molar-refractivity contribution in [3.63, 3.8) is 0 Å². The van der Waals surface area contributed by atoms with E-state index in [1.54, 1.807) is 19.0 Å². The third-order valence-corrected chi connectivity index (χ3v) is 5.10. The van der Waals surface area contributed by atoms with Gasteiger partial charge in [-0.3, -0.25) is 4.79 Å². The molecule has 1 spiro atoms. The maximum Gasteiger partial charge on any atom is 0.248 e. The number of piperidine rings is 1. The fraction of sp³-hybridized carbons (Fsp3) is 0.938. The smallest absolute Gasteiger partial charge is 0.248 e. The van der Waals surface area contributed by atoms with Gasteiger partial charge in [0.1, 0.15) is 6.61 Å². The Morgan fingerprint density at radius 3 is 2.67 bits per heavy atom. The Morgan fingerprint density at radius 1 is 1.33 bits per heavy atom. The van der Waals surface area contributed by atoms with Gasteiger partial charge in [-0.05, 0) is 31.6 Å². The Bertz CT molecular complexity index is 374. The first-order chi connectivity index (χ1) is 10.1. The molecule has 120 valence electrons. The van der Waals surface area contributed by atoms with Crippen LogP contribution in [0.25, 0.3) is 0 Å². The van der Waals surface area contributed by atoms with Gasteiger partial charge in [0.05, 0.1) is 18.3 Å². The summed E-state index contributed by atoms with van der Waals surface area (Å²) in [7, 11) is 3.52. The Morgan fingerprint density at radius 2 is 2.05 bits per heavy atom. The Labute approximate surface area is 127 Å². The van der Waals surface area contributed by atoms with Crippen LogP contribution in [0.15, 0.2) is 0 Å². The van der Waals surface area contributed by atoms with E-state index >= 15 is 0 Å². The van der Waals surface area contributed by atoms with Crippen LogP contribution in [-0.2, 0) is 14.3 Å². The molecule has 3 rings (SSSR count). The van der Waals surface area contributed by atoms with Crippen molar-refractivity contribution >= 4 is 5.91 Å². The van der Waals surface area contributed by atoms with E-state index in [2.05, 4.69) is 4.90 Å². The van der Waals surface area contributed by atoms with Gasteiger partial charge < -0.3 is 19.3 Å². The molecule has 0 aromatic rings. The topological polar surface area (TPSA) is 42.0 Å². The van der Waals surface area contributed by atoms with Crippen molar-refractivity contribution in [3.05, 3.63) is 0 Å². The highest BCUT2D eigenvalue weighted by atomic mass is 16.6. The van der Waals surface area contributed by atoms with Crippen molar-refractivity contribution < 1.29 is 14.3 Å². The second-order valence-electron chi connectivity index (χ2n) is 7.16. The molecule has 0 bridgehead atoms. The van der Waals surface area contributed by atoms with E-state index in [1.807, 2.05) is 0 Å². The third-order valence-electron chi connectivity index (χ3n) is 5.10. The summed E-state index contributed by atoms with van der Waals surface area (Å²) in [6.07, 6.45) is 6.11. The maximum absolute atomic E-state index is 11.6. The molecule has 2 heterocycles. The predicted octanol–water partition coefficient (Wildman–Crippen LogP) is 1.12. The molecule has 0 unspecified atom stereocenters. The zero-order chi connectivity index (χ0) is 14.9. The molecule has 1 saturated carbocycles. The summed E-state index contributed by atoms with van der Waals surface area (Å²) in [6, 6.07) is 0. The van der Waals surface area contributed by atoms with Crippen molar-refractivity contribution in [2.24, 2.45) is 5.92 Å². The fourth-order valence-corrected chi connectivity index (χ4v) is 3.38. The SMILES string of the molecule is CN(C)C(=O)CO[C@H]1COC2(CCN(CC3CC3)CC2)C1. The zero-order valence-corrected chi connectivity index (χ0v) is 13.3. The first kappa shape index (κ1) is 15.3. The van der Waals surface area contributed by atoms with E-state index in [1.165, 1.54) is 19.4 Å². The minimum absolute atomic E-state index is 0.0197. The molecule has 0 radical (unpaired) electrons. The summed E-state index contributed by atoms with van der Waals surface area (Å²) < 4.78 is 11.8. The highest BCUT2D eigenvalue weighted by Crippen LogP contribution is 2.38. The standard InChI is InChI=1S/C16H28N2O3/c1-17(2)15(19)12-20-14-9-16(21-11-14)5-7-18(8-6-16)10-13-3-4-13/h13-14H,3-12H2,1-2H3/t14-/m1/s1. The van der Waals surface area contributed by atoms with E-state index in [9.17, 15) is 4.79 Å². The molecular formula is C16H28N2O3. The maximum atomic E-state index is 11.6. The molecule has 0 aromatic heterocycles. The minimum atomic E-state index is 0.0197. The van der Waals surface area contributed by atoms with Crippen LogP contribution in [0, 0.1) is 5.92 Å². The summed E-state index contributed by atoms with van der Waals surface area (Å²) in [6.45, 7) is 4.40. The predicted molar refractivity (Wildman–Crippen MR) is 80.1 cm³/mol. The highest BCUT2D eigenvalue weighted by molar-refractivity contribution is 5.76. The number of hydrogen-bond acceptors (Lipinski definition) is 4. The number of carbonyl (C=O) groups excluding carboxylic acids is 1. The molecule has 1 aliphatic carbocycles. The first-order valence-corrected chi connectivity index (χ1v) is 8.24. The molecule has 1 atom stereocenters. The quantitative estimate of drug-likeness (QED) is 0.762. The number of rotatable bonds is 5. The van der Waals surface area contributed by atoms with Crippen LogP contribution in [0.5, 0.6) is 0 Å². The van der Waals surface area contributed by atoms with Crippen molar-refractivity contribution in [2.45, 2.75) is 43.8 Å². The van der Waals surface area contributed by atoms with Crippen LogP contribution in [0.1, 0.15) is 32.1 Å². The number of likely N-dealkylation sites (N-methyl/N-ethyl adjacent to an activating group) is 1. The summed E-state index contributed by atoms with van der Waals surface area (Å²) in [5.74, 6) is 0.992. The van der Waals surface area contributed by atoms with Crippen LogP contribution in [0.4, 0.5) is 0 Å². The molecule has 3 fully saturated rings. The lowest BCUT2D eigenvalue weighted by molar-refractivity contribution is -0.135. The van der Waals surface area contributed by atoms with Crippen LogP contribution >= 0.6 is 0 Å². The first-order valence-electron chi connectivity index (χ1n) is 8.24. The van der Waals surface area contributed by atoms with Crippen molar-refractivity contribution in [1.82, 2.24) is 9.80 Å². The number of nitrogens with zero attached hydrogens (tertiary/aromatic N) is 2. The second kappa shape index (κ2) is 6.23. The van der Waals surface area contributed by atoms with Gasteiger partial charge in [0.15, 0.2) is 0 Å². The fourth-order valence-electron chi connectivity index (χ4n) is 3.38. The van der Waals surface area contributed by atoms with E-state index in [0.717, 1.165) is 38.3 Å². The average molecular weight is 296 g/mol.